The van der Waals surface area contributed by atoms with Crippen LogP contribution in [0.4, 0.5) is 0 Å². The van der Waals surface area contributed by atoms with Crippen molar-refractivity contribution in [3.63, 3.8) is 0 Å². The van der Waals surface area contributed by atoms with Crippen LogP contribution in [0, 0.1) is 11.8 Å². The lowest BCUT2D eigenvalue weighted by Gasteiger charge is -1.86. The van der Waals surface area contributed by atoms with Gasteiger partial charge in [0.25, 0.3) is 0 Å². The van der Waals surface area contributed by atoms with Crippen molar-refractivity contribution in [2.75, 3.05) is 0 Å². The Morgan fingerprint density at radius 2 is 2.00 bits per heavy atom. The Kier molecular flexibility index (Phi) is 3.59. The Morgan fingerprint density at radius 3 is 2.62 bits per heavy atom. The standard InChI is InChI=1S/C11H10O2/c12-11(13)9-5-4-8-10-6-2-1-3-7-10/h1-3,6-7H,5,9H2,(H,12,13). The molecule has 0 bridgehead atoms. The first-order valence-electron chi connectivity index (χ1n) is 4.05. The van der Waals surface area contributed by atoms with Crippen LogP contribution in [0.1, 0.15) is 18.4 Å². The Balaban J connectivity index is 2.44. The van der Waals surface area contributed by atoms with Crippen molar-refractivity contribution in [1.82, 2.24) is 0 Å². The summed E-state index contributed by atoms with van der Waals surface area (Å²) in [6.07, 6.45) is 0.518. The molecule has 0 radical (unpaired) electrons. The highest BCUT2D eigenvalue weighted by atomic mass is 16.4. The van der Waals surface area contributed by atoms with E-state index in [0.29, 0.717) is 6.42 Å². The fourth-order valence-electron chi connectivity index (χ4n) is 0.855. The highest BCUT2D eigenvalue weighted by Crippen LogP contribution is 1.95. The van der Waals surface area contributed by atoms with E-state index in [1.54, 1.807) is 0 Å². The second-order valence-electron chi connectivity index (χ2n) is 2.56. The topological polar surface area (TPSA) is 37.3 Å². The van der Waals surface area contributed by atoms with E-state index >= 15 is 0 Å². The summed E-state index contributed by atoms with van der Waals surface area (Å²) in [5.74, 6) is 4.89. The lowest BCUT2D eigenvalue weighted by molar-refractivity contribution is -0.136. The molecular formula is C11H10O2. The van der Waals surface area contributed by atoms with Gasteiger partial charge in [-0.2, -0.15) is 0 Å². The third-order valence-corrected chi connectivity index (χ3v) is 1.47. The predicted octanol–water partition coefficient (Wildman–Crippen LogP) is 1.90. The maximum Gasteiger partial charge on any atom is 0.304 e. The monoisotopic (exact) mass is 174 g/mol. The maximum atomic E-state index is 10.1. The van der Waals surface area contributed by atoms with Gasteiger partial charge in [0.2, 0.25) is 0 Å². The molecule has 0 aromatic heterocycles. The molecule has 1 aromatic carbocycles. The smallest absolute Gasteiger partial charge is 0.304 e. The SMILES string of the molecule is O=C(O)CCC#Cc1ccccc1. The first-order valence-corrected chi connectivity index (χ1v) is 4.05. The second-order valence-corrected chi connectivity index (χ2v) is 2.56. The minimum absolute atomic E-state index is 0.111. The molecule has 0 saturated heterocycles. The van der Waals surface area contributed by atoms with Crippen molar-refractivity contribution in [3.8, 4) is 11.8 Å². The van der Waals surface area contributed by atoms with Crippen LogP contribution in [0.15, 0.2) is 30.3 Å². The average molecular weight is 174 g/mol. The van der Waals surface area contributed by atoms with Crippen molar-refractivity contribution >= 4 is 5.97 Å². The molecule has 0 aliphatic rings. The van der Waals surface area contributed by atoms with Gasteiger partial charge in [-0.3, -0.25) is 4.79 Å². The minimum Gasteiger partial charge on any atom is -0.481 e. The van der Waals surface area contributed by atoms with Crippen molar-refractivity contribution in [2.24, 2.45) is 0 Å². The van der Waals surface area contributed by atoms with E-state index in [4.69, 9.17) is 5.11 Å². The summed E-state index contributed by atoms with van der Waals surface area (Å²) in [6, 6.07) is 9.52. The number of benzene rings is 1. The second kappa shape index (κ2) is 5.00. The average Bonchev–Trinajstić information content (AvgIpc) is 2.14. The quantitative estimate of drug-likeness (QED) is 0.695. The lowest BCUT2D eigenvalue weighted by atomic mass is 10.2. The van der Waals surface area contributed by atoms with E-state index in [0.717, 1.165) is 5.56 Å². The fraction of sp³-hybridized carbons (Fsp3) is 0.182. The molecule has 0 spiro atoms. The van der Waals surface area contributed by atoms with Crippen LogP contribution < -0.4 is 0 Å². The van der Waals surface area contributed by atoms with E-state index in [2.05, 4.69) is 11.8 Å². The van der Waals surface area contributed by atoms with Gasteiger partial charge in [-0.25, -0.2) is 0 Å². The van der Waals surface area contributed by atoms with E-state index in [9.17, 15) is 4.79 Å². The number of aliphatic carboxylic acids is 1. The predicted molar refractivity (Wildman–Crippen MR) is 50.2 cm³/mol. The van der Waals surface area contributed by atoms with Crippen LogP contribution in [-0.2, 0) is 4.79 Å². The zero-order valence-electron chi connectivity index (χ0n) is 7.16. The number of hydrogen-bond acceptors (Lipinski definition) is 1. The number of rotatable bonds is 2. The van der Waals surface area contributed by atoms with Gasteiger partial charge in [0.15, 0.2) is 0 Å². The zero-order chi connectivity index (χ0) is 9.52. The van der Waals surface area contributed by atoms with E-state index in [1.807, 2.05) is 30.3 Å². The van der Waals surface area contributed by atoms with Gasteiger partial charge in [0.05, 0.1) is 6.42 Å². The van der Waals surface area contributed by atoms with Crippen LogP contribution in [0.2, 0.25) is 0 Å². The molecule has 0 atom stereocenters. The molecule has 66 valence electrons. The highest BCUT2D eigenvalue weighted by Gasteiger charge is 1.91. The molecule has 1 aromatic rings. The van der Waals surface area contributed by atoms with Gasteiger partial charge < -0.3 is 5.11 Å². The van der Waals surface area contributed by atoms with Gasteiger partial charge >= 0.3 is 5.97 Å². The van der Waals surface area contributed by atoms with Crippen LogP contribution in [-0.4, -0.2) is 11.1 Å². The minimum atomic E-state index is -0.803. The molecule has 0 heterocycles. The zero-order valence-corrected chi connectivity index (χ0v) is 7.16. The van der Waals surface area contributed by atoms with Crippen molar-refractivity contribution in [2.45, 2.75) is 12.8 Å². The molecule has 2 heteroatoms. The van der Waals surface area contributed by atoms with E-state index in [-0.39, 0.29) is 6.42 Å². The first-order chi connectivity index (χ1) is 6.29. The highest BCUT2D eigenvalue weighted by molar-refractivity contribution is 5.67. The molecule has 1 rings (SSSR count). The molecule has 0 aliphatic carbocycles. The summed E-state index contributed by atoms with van der Waals surface area (Å²) in [6.45, 7) is 0. The van der Waals surface area contributed by atoms with Crippen molar-refractivity contribution < 1.29 is 9.90 Å². The van der Waals surface area contributed by atoms with Gasteiger partial charge in [0, 0.05) is 12.0 Å². The normalized spacial score (nSPS) is 8.62. The Hall–Kier alpha value is -1.75. The molecule has 0 unspecified atom stereocenters. The molecule has 0 saturated carbocycles. The summed E-state index contributed by atoms with van der Waals surface area (Å²) in [7, 11) is 0. The van der Waals surface area contributed by atoms with Gasteiger partial charge in [-0.15, -0.1) is 0 Å². The number of hydrogen-bond donors (Lipinski definition) is 1. The summed E-state index contributed by atoms with van der Waals surface area (Å²) < 4.78 is 0. The third-order valence-electron chi connectivity index (χ3n) is 1.47. The summed E-state index contributed by atoms with van der Waals surface area (Å²) in [5.41, 5.74) is 0.924. The van der Waals surface area contributed by atoms with Gasteiger partial charge in [0.1, 0.15) is 0 Å². The molecule has 13 heavy (non-hydrogen) atoms. The Labute approximate surface area is 77.2 Å². The summed E-state index contributed by atoms with van der Waals surface area (Å²) in [5, 5.41) is 8.34. The van der Waals surface area contributed by atoms with Crippen LogP contribution in [0.5, 0.6) is 0 Å². The van der Waals surface area contributed by atoms with Crippen LogP contribution >= 0.6 is 0 Å². The summed E-state index contributed by atoms with van der Waals surface area (Å²) in [4.78, 5) is 10.1. The summed E-state index contributed by atoms with van der Waals surface area (Å²) >= 11 is 0. The number of carbonyl (C=O) groups is 1. The molecule has 2 nitrogen and oxygen atoms in total. The third kappa shape index (κ3) is 3.97. The van der Waals surface area contributed by atoms with Crippen molar-refractivity contribution in [1.29, 1.82) is 0 Å². The largest absolute Gasteiger partial charge is 0.481 e. The molecule has 0 amide bonds. The number of carboxylic acid groups (broad SMARTS) is 1. The molecule has 1 N–H and O–H groups in total. The Morgan fingerprint density at radius 1 is 1.31 bits per heavy atom. The molecule has 0 fully saturated rings. The fourth-order valence-corrected chi connectivity index (χ4v) is 0.855. The molecular weight excluding hydrogens is 164 g/mol. The van der Waals surface area contributed by atoms with Crippen LogP contribution in [0.25, 0.3) is 0 Å². The van der Waals surface area contributed by atoms with E-state index in [1.165, 1.54) is 0 Å². The first kappa shape index (κ1) is 9.34. The van der Waals surface area contributed by atoms with Gasteiger partial charge in [-0.05, 0) is 12.1 Å². The Bertz CT molecular complexity index is 330. The lowest BCUT2D eigenvalue weighted by Crippen LogP contribution is -1.91. The maximum absolute atomic E-state index is 10.1. The van der Waals surface area contributed by atoms with Crippen LogP contribution in [0.3, 0.4) is 0 Å². The van der Waals surface area contributed by atoms with Crippen molar-refractivity contribution in [3.05, 3.63) is 35.9 Å². The van der Waals surface area contributed by atoms with E-state index < -0.39 is 5.97 Å². The number of carboxylic acids is 1. The van der Waals surface area contributed by atoms with Gasteiger partial charge in [-0.1, -0.05) is 30.0 Å². The molecule has 0 aliphatic heterocycles.